The molecule has 2 heterocycles. The van der Waals surface area contributed by atoms with Crippen LogP contribution in [0.1, 0.15) is 16.6 Å². The molecule has 0 aliphatic heterocycles. The van der Waals surface area contributed by atoms with Crippen LogP contribution in [0.3, 0.4) is 0 Å². The van der Waals surface area contributed by atoms with E-state index in [0.29, 0.717) is 4.88 Å². The van der Waals surface area contributed by atoms with Crippen molar-refractivity contribution >= 4 is 11.3 Å². The minimum Gasteiger partial charge on any atom is -0.329 e. The zero-order valence-corrected chi connectivity index (χ0v) is 10.9. The van der Waals surface area contributed by atoms with Crippen LogP contribution in [0.5, 0.6) is 0 Å². The lowest BCUT2D eigenvalue weighted by Crippen LogP contribution is -2.19. The van der Waals surface area contributed by atoms with E-state index in [1.165, 1.54) is 18.4 Å². The van der Waals surface area contributed by atoms with Crippen molar-refractivity contribution in [2.45, 2.75) is 12.2 Å². The normalized spacial score (nSPS) is 13.8. The molecule has 0 bridgehead atoms. The number of hydrogen-bond acceptors (Lipinski definition) is 4. The van der Waals surface area contributed by atoms with E-state index < -0.39 is 11.9 Å². The molecule has 2 aromatic heterocycles. The average Bonchev–Trinajstić information content (AvgIpc) is 2.92. The third-order valence-electron chi connectivity index (χ3n) is 2.67. The van der Waals surface area contributed by atoms with Crippen molar-refractivity contribution in [3.8, 4) is 10.6 Å². The van der Waals surface area contributed by atoms with Crippen LogP contribution < -0.4 is 11.5 Å². The van der Waals surface area contributed by atoms with Crippen LogP contribution in [0.25, 0.3) is 10.6 Å². The number of alkyl halides is 3. The maximum Gasteiger partial charge on any atom is 0.433 e. The lowest BCUT2D eigenvalue weighted by Gasteiger charge is -2.04. The summed E-state index contributed by atoms with van der Waals surface area (Å²) in [5.74, 6) is 0. The Labute approximate surface area is 111 Å². The van der Waals surface area contributed by atoms with E-state index in [-0.39, 0.29) is 18.3 Å². The summed E-state index contributed by atoms with van der Waals surface area (Å²) >= 11 is 1.30. The highest BCUT2D eigenvalue weighted by molar-refractivity contribution is 7.15. The van der Waals surface area contributed by atoms with Gasteiger partial charge in [0.25, 0.3) is 0 Å². The highest BCUT2D eigenvalue weighted by Crippen LogP contribution is 2.34. The number of hydrogen-bond donors (Lipinski definition) is 2. The van der Waals surface area contributed by atoms with Crippen molar-refractivity contribution in [1.82, 2.24) is 9.78 Å². The lowest BCUT2D eigenvalue weighted by atomic mass is 10.2. The van der Waals surface area contributed by atoms with E-state index in [1.54, 1.807) is 12.1 Å². The first-order valence-corrected chi connectivity index (χ1v) is 6.31. The summed E-state index contributed by atoms with van der Waals surface area (Å²) in [6, 6.07) is 4.20. The van der Waals surface area contributed by atoms with Gasteiger partial charge in [0, 0.05) is 18.5 Å². The Morgan fingerprint density at radius 1 is 1.42 bits per heavy atom. The predicted octanol–water partition coefficient (Wildman–Crippen LogP) is 2.13. The summed E-state index contributed by atoms with van der Waals surface area (Å²) in [5.41, 5.74) is 10.7. The number of nitrogens with zero attached hydrogens (tertiary/aromatic N) is 2. The Hall–Kier alpha value is -1.38. The van der Waals surface area contributed by atoms with Crippen LogP contribution in [0.15, 0.2) is 18.2 Å². The third kappa shape index (κ3) is 2.80. The van der Waals surface area contributed by atoms with Gasteiger partial charge in [0.1, 0.15) is 11.4 Å². The summed E-state index contributed by atoms with van der Waals surface area (Å²) in [6.45, 7) is 0.288. The Kier molecular flexibility index (Phi) is 3.66. The minimum absolute atomic E-state index is 0.287. The molecule has 19 heavy (non-hydrogen) atoms. The van der Waals surface area contributed by atoms with Crippen molar-refractivity contribution in [2.75, 3.05) is 6.54 Å². The van der Waals surface area contributed by atoms with Gasteiger partial charge in [-0.25, -0.2) is 0 Å². The Morgan fingerprint density at radius 3 is 2.63 bits per heavy atom. The average molecular weight is 290 g/mol. The molecule has 0 aromatic carbocycles. The summed E-state index contributed by atoms with van der Waals surface area (Å²) in [5, 5.41) is 3.88. The van der Waals surface area contributed by atoms with Gasteiger partial charge in [0.15, 0.2) is 0 Å². The van der Waals surface area contributed by atoms with Gasteiger partial charge in [0.05, 0.1) is 10.9 Å². The number of aromatic nitrogens is 2. The fraction of sp³-hybridized carbons (Fsp3) is 0.364. The first kappa shape index (κ1) is 14.0. The second kappa shape index (κ2) is 4.95. The van der Waals surface area contributed by atoms with Crippen LogP contribution in [-0.2, 0) is 13.2 Å². The molecule has 0 saturated carbocycles. The van der Waals surface area contributed by atoms with Gasteiger partial charge in [0.2, 0.25) is 0 Å². The number of aryl methyl sites for hydroxylation is 1. The van der Waals surface area contributed by atoms with Crippen molar-refractivity contribution in [3.63, 3.8) is 0 Å². The van der Waals surface area contributed by atoms with Gasteiger partial charge in [-0.15, -0.1) is 11.3 Å². The van der Waals surface area contributed by atoms with Crippen LogP contribution in [0, 0.1) is 0 Å². The molecule has 104 valence electrons. The predicted molar refractivity (Wildman–Crippen MR) is 67.5 cm³/mol. The molecule has 2 rings (SSSR count). The minimum atomic E-state index is -4.41. The maximum atomic E-state index is 12.7. The summed E-state index contributed by atoms with van der Waals surface area (Å²) < 4.78 is 38.8. The first-order chi connectivity index (χ1) is 8.82. The van der Waals surface area contributed by atoms with Gasteiger partial charge in [-0.2, -0.15) is 18.3 Å². The number of rotatable bonds is 3. The largest absolute Gasteiger partial charge is 0.433 e. The Bertz CT molecular complexity index is 573. The van der Waals surface area contributed by atoms with E-state index in [0.717, 1.165) is 15.6 Å². The smallest absolute Gasteiger partial charge is 0.329 e. The molecule has 0 radical (unpaired) electrons. The zero-order valence-electron chi connectivity index (χ0n) is 10.1. The van der Waals surface area contributed by atoms with Crippen molar-refractivity contribution in [1.29, 1.82) is 0 Å². The van der Waals surface area contributed by atoms with Crippen molar-refractivity contribution < 1.29 is 13.2 Å². The van der Waals surface area contributed by atoms with Gasteiger partial charge in [-0.05, 0) is 18.2 Å². The highest BCUT2D eigenvalue weighted by atomic mass is 32.1. The Balaban J connectivity index is 2.35. The fourth-order valence-electron chi connectivity index (χ4n) is 1.66. The van der Waals surface area contributed by atoms with E-state index in [2.05, 4.69) is 5.10 Å². The number of nitrogens with two attached hydrogens (primary N) is 2. The van der Waals surface area contributed by atoms with Crippen molar-refractivity contribution in [3.05, 3.63) is 28.8 Å². The standard InChI is InChI=1S/C11H13F3N4S/c1-18-10(11(12,13)14)4-7(17-18)9-3-2-8(19-9)6(16)5-15/h2-4,6H,5,15-16H2,1H3. The molecular formula is C11H13F3N4S. The topological polar surface area (TPSA) is 69.9 Å². The molecule has 0 amide bonds. The van der Waals surface area contributed by atoms with E-state index in [9.17, 15) is 13.2 Å². The fourth-order valence-corrected chi connectivity index (χ4v) is 2.64. The summed E-state index contributed by atoms with van der Waals surface area (Å²) in [7, 11) is 1.27. The van der Waals surface area contributed by atoms with Crippen molar-refractivity contribution in [2.24, 2.45) is 18.5 Å². The third-order valence-corrected chi connectivity index (χ3v) is 3.91. The number of halogens is 3. The Morgan fingerprint density at radius 2 is 2.11 bits per heavy atom. The first-order valence-electron chi connectivity index (χ1n) is 5.50. The number of thiophene rings is 1. The molecule has 0 spiro atoms. The van der Waals surface area contributed by atoms with E-state index in [4.69, 9.17) is 11.5 Å². The molecule has 2 aromatic rings. The monoisotopic (exact) mass is 290 g/mol. The second-order valence-corrected chi connectivity index (χ2v) is 5.20. The maximum absolute atomic E-state index is 12.7. The molecule has 4 N–H and O–H groups in total. The zero-order chi connectivity index (χ0) is 14.2. The summed E-state index contributed by atoms with van der Waals surface area (Å²) in [4.78, 5) is 1.47. The molecule has 1 unspecified atom stereocenters. The molecule has 0 fully saturated rings. The quantitative estimate of drug-likeness (QED) is 0.909. The van der Waals surface area contributed by atoms with E-state index >= 15 is 0 Å². The molecule has 0 saturated heterocycles. The molecule has 8 heteroatoms. The van der Waals surface area contributed by atoms with Gasteiger partial charge in [-0.3, -0.25) is 4.68 Å². The van der Waals surface area contributed by atoms with E-state index in [1.807, 2.05) is 0 Å². The second-order valence-electron chi connectivity index (χ2n) is 4.08. The van der Waals surface area contributed by atoms with Crippen LogP contribution in [0.4, 0.5) is 13.2 Å². The molecule has 0 aliphatic rings. The summed E-state index contributed by atoms with van der Waals surface area (Å²) in [6.07, 6.45) is -4.41. The molecular weight excluding hydrogens is 277 g/mol. The molecule has 0 aliphatic carbocycles. The lowest BCUT2D eigenvalue weighted by molar-refractivity contribution is -0.143. The van der Waals surface area contributed by atoms with Crippen LogP contribution in [0.2, 0.25) is 0 Å². The molecule has 4 nitrogen and oxygen atoms in total. The van der Waals surface area contributed by atoms with Gasteiger partial charge in [-0.1, -0.05) is 0 Å². The molecule has 1 atom stereocenters. The van der Waals surface area contributed by atoms with Gasteiger partial charge < -0.3 is 11.5 Å². The van der Waals surface area contributed by atoms with Crippen LogP contribution in [-0.4, -0.2) is 16.3 Å². The highest BCUT2D eigenvalue weighted by Gasteiger charge is 2.35. The SMILES string of the molecule is Cn1nc(-c2ccc(C(N)CN)s2)cc1C(F)(F)F. The van der Waals surface area contributed by atoms with Crippen LogP contribution >= 0.6 is 11.3 Å². The van der Waals surface area contributed by atoms with Gasteiger partial charge >= 0.3 is 6.18 Å².